The summed E-state index contributed by atoms with van der Waals surface area (Å²) in [5.74, 6) is 3.69. The molecule has 1 aliphatic heterocycles. The minimum absolute atomic E-state index is 0.672. The maximum absolute atomic E-state index is 6.31. The number of rotatable bonds is 8. The zero-order valence-corrected chi connectivity index (χ0v) is 22.4. The molecule has 1 aliphatic rings. The van der Waals surface area contributed by atoms with Crippen LogP contribution in [0.1, 0.15) is 0 Å². The van der Waals surface area contributed by atoms with E-state index in [0.29, 0.717) is 11.5 Å². The Bertz CT molecular complexity index is 1650. The lowest BCUT2D eigenvalue weighted by Gasteiger charge is -2.19. The second kappa shape index (κ2) is 11.3. The summed E-state index contributed by atoms with van der Waals surface area (Å²) >= 11 is 0. The number of pyridine rings is 1. The minimum Gasteiger partial charge on any atom is -0.497 e. The number of aromatic nitrogens is 1. The average Bonchev–Trinajstić information content (AvgIpc) is 3.44. The third-order valence-corrected chi connectivity index (χ3v) is 6.58. The molecule has 1 aromatic heterocycles. The molecule has 6 rings (SSSR count). The van der Waals surface area contributed by atoms with Gasteiger partial charge >= 0.3 is 0 Å². The van der Waals surface area contributed by atoms with E-state index in [2.05, 4.69) is 45.4 Å². The van der Waals surface area contributed by atoms with Gasteiger partial charge in [0.25, 0.3) is 0 Å². The molecule has 0 amide bonds. The number of ether oxygens (including phenoxy) is 3. The first kappa shape index (κ1) is 25.1. The van der Waals surface area contributed by atoms with Gasteiger partial charge in [-0.15, -0.1) is 0 Å². The molecule has 5 aromatic rings. The molecule has 0 saturated heterocycles. The van der Waals surface area contributed by atoms with Crippen LogP contribution in [-0.2, 0) is 0 Å². The van der Waals surface area contributed by atoms with Crippen molar-refractivity contribution in [3.05, 3.63) is 128 Å². The third-order valence-electron chi connectivity index (χ3n) is 6.58. The van der Waals surface area contributed by atoms with E-state index in [1.165, 1.54) is 0 Å². The highest BCUT2D eigenvalue weighted by Crippen LogP contribution is 2.35. The summed E-state index contributed by atoms with van der Waals surface area (Å²) in [6.07, 6.45) is 5.93. The maximum atomic E-state index is 6.31. The molecule has 198 valence electrons. The van der Waals surface area contributed by atoms with Crippen molar-refractivity contribution in [2.75, 3.05) is 25.7 Å². The Morgan fingerprint density at radius 1 is 0.600 bits per heavy atom. The van der Waals surface area contributed by atoms with Crippen molar-refractivity contribution in [3.8, 4) is 51.1 Å². The highest BCUT2D eigenvalue weighted by Gasteiger charge is 2.13. The first-order valence-electron chi connectivity index (χ1n) is 13.0. The van der Waals surface area contributed by atoms with E-state index in [1.54, 1.807) is 7.11 Å². The van der Waals surface area contributed by atoms with Gasteiger partial charge in [-0.05, 0) is 71.8 Å². The highest BCUT2D eigenvalue weighted by atomic mass is 16.5. The van der Waals surface area contributed by atoms with Crippen molar-refractivity contribution in [1.29, 1.82) is 0 Å². The second-order valence-electron chi connectivity index (χ2n) is 9.54. The van der Waals surface area contributed by atoms with Crippen LogP contribution in [0.5, 0.6) is 28.7 Å². The smallest absolute Gasteiger partial charge is 0.131 e. The van der Waals surface area contributed by atoms with Crippen molar-refractivity contribution in [2.45, 2.75) is 0 Å². The molecule has 0 unspecified atom stereocenters. The number of hydrogen-bond donors (Lipinski definition) is 0. The van der Waals surface area contributed by atoms with Crippen molar-refractivity contribution >= 4 is 5.69 Å². The average molecular weight is 528 g/mol. The van der Waals surface area contributed by atoms with Crippen LogP contribution in [0.15, 0.2) is 128 Å². The quantitative estimate of drug-likeness (QED) is 0.203. The molecule has 6 nitrogen and oxygen atoms in total. The van der Waals surface area contributed by atoms with Crippen LogP contribution in [0.3, 0.4) is 0 Å². The van der Waals surface area contributed by atoms with E-state index in [9.17, 15) is 0 Å². The van der Waals surface area contributed by atoms with Crippen LogP contribution in [-0.4, -0.2) is 30.7 Å². The highest BCUT2D eigenvalue weighted by molar-refractivity contribution is 5.72. The molecule has 0 bridgehead atoms. The Labute approximate surface area is 234 Å². The van der Waals surface area contributed by atoms with Crippen LogP contribution >= 0.6 is 0 Å². The normalized spacial score (nSPS) is 12.4. The minimum atomic E-state index is 0.672. The molecule has 2 heterocycles. The zero-order valence-electron chi connectivity index (χ0n) is 22.4. The van der Waals surface area contributed by atoms with Gasteiger partial charge in [0.15, 0.2) is 0 Å². The Hall–Kier alpha value is -5.23. The summed E-state index contributed by atoms with van der Waals surface area (Å²) in [5.41, 5.74) is 4.84. The van der Waals surface area contributed by atoms with E-state index in [-0.39, 0.29) is 0 Å². The van der Waals surface area contributed by atoms with Gasteiger partial charge in [0.05, 0.1) is 19.5 Å². The van der Waals surface area contributed by atoms with Crippen molar-refractivity contribution < 1.29 is 14.2 Å². The molecule has 6 heteroatoms. The van der Waals surface area contributed by atoms with Gasteiger partial charge in [0.2, 0.25) is 0 Å². The molecule has 0 fully saturated rings. The van der Waals surface area contributed by atoms with Crippen LogP contribution in [0.25, 0.3) is 22.4 Å². The van der Waals surface area contributed by atoms with Gasteiger partial charge in [-0.25, -0.2) is 0 Å². The van der Waals surface area contributed by atoms with Crippen molar-refractivity contribution in [2.24, 2.45) is 0 Å². The zero-order chi connectivity index (χ0) is 27.3. The van der Waals surface area contributed by atoms with Crippen molar-refractivity contribution in [1.82, 2.24) is 9.88 Å². The van der Waals surface area contributed by atoms with E-state index >= 15 is 0 Å². The van der Waals surface area contributed by atoms with E-state index in [4.69, 9.17) is 14.2 Å². The number of benzene rings is 4. The monoisotopic (exact) mass is 527 g/mol. The molecule has 4 aromatic carbocycles. The molecular weight excluding hydrogens is 498 g/mol. The molecule has 40 heavy (non-hydrogen) atoms. The summed E-state index contributed by atoms with van der Waals surface area (Å²) in [4.78, 5) is 8.95. The Kier molecular flexibility index (Phi) is 7.05. The fourth-order valence-corrected chi connectivity index (χ4v) is 4.59. The first-order valence-corrected chi connectivity index (χ1v) is 13.0. The van der Waals surface area contributed by atoms with Gasteiger partial charge in [-0.1, -0.05) is 36.4 Å². The summed E-state index contributed by atoms with van der Waals surface area (Å²) < 4.78 is 18.0. The summed E-state index contributed by atoms with van der Waals surface area (Å²) in [7, 11) is 3.70. The van der Waals surface area contributed by atoms with Crippen molar-refractivity contribution in [3.63, 3.8) is 0 Å². The SMILES string of the molecule is COc1cc(Oc2cccc(N3C=CN(C)C3)c2)cc(-c2cc(-c3cccc(Oc4ccccc4)c3)ccn2)c1. The predicted molar refractivity (Wildman–Crippen MR) is 159 cm³/mol. The predicted octanol–water partition coefficient (Wildman–Crippen LogP) is 8.19. The Morgan fingerprint density at radius 3 is 2.10 bits per heavy atom. The van der Waals surface area contributed by atoms with Gasteiger partial charge in [-0.2, -0.15) is 0 Å². The number of anilines is 1. The number of para-hydroxylation sites is 1. The fourth-order valence-electron chi connectivity index (χ4n) is 4.59. The summed E-state index contributed by atoms with van der Waals surface area (Å²) in [5, 5.41) is 0. The van der Waals surface area contributed by atoms with E-state index < -0.39 is 0 Å². The van der Waals surface area contributed by atoms with E-state index in [0.717, 1.165) is 52.0 Å². The standard InChI is InChI=1S/C34H29N3O3/c1-36-16-17-37(24-36)28-9-7-13-31(22-28)40-33-20-27(19-32(23-33)38-2)34-21-26(14-15-35-34)25-8-6-12-30(18-25)39-29-10-4-3-5-11-29/h3-23H,24H2,1-2H3. The lowest BCUT2D eigenvalue weighted by molar-refractivity contribution is 0.409. The fraction of sp³-hybridized carbons (Fsp3) is 0.0882. The lowest BCUT2D eigenvalue weighted by atomic mass is 10.0. The lowest BCUT2D eigenvalue weighted by Crippen LogP contribution is -2.21. The summed E-state index contributed by atoms with van der Waals surface area (Å²) in [6.45, 7) is 0.802. The third kappa shape index (κ3) is 5.76. The molecular formula is C34H29N3O3. The molecule has 0 radical (unpaired) electrons. The van der Waals surface area contributed by atoms with Gasteiger partial charge in [-0.3, -0.25) is 4.98 Å². The number of hydrogen-bond acceptors (Lipinski definition) is 6. The van der Waals surface area contributed by atoms with Gasteiger partial charge in [0, 0.05) is 49.0 Å². The van der Waals surface area contributed by atoms with Crippen LogP contribution < -0.4 is 19.1 Å². The van der Waals surface area contributed by atoms with Gasteiger partial charge in [0.1, 0.15) is 28.7 Å². The topological polar surface area (TPSA) is 47.1 Å². The molecule has 0 atom stereocenters. The summed E-state index contributed by atoms with van der Waals surface area (Å²) in [6, 6.07) is 35.8. The van der Waals surface area contributed by atoms with E-state index in [1.807, 2.05) is 104 Å². The first-order chi connectivity index (χ1) is 19.6. The molecule has 0 spiro atoms. The molecule has 0 saturated carbocycles. The van der Waals surface area contributed by atoms with Crippen LogP contribution in [0.2, 0.25) is 0 Å². The maximum Gasteiger partial charge on any atom is 0.131 e. The number of methoxy groups -OCH3 is 1. The van der Waals surface area contributed by atoms with Crippen LogP contribution in [0.4, 0.5) is 5.69 Å². The van der Waals surface area contributed by atoms with Crippen LogP contribution in [0, 0.1) is 0 Å². The Balaban J connectivity index is 1.27. The number of nitrogens with zero attached hydrogens (tertiary/aromatic N) is 3. The Morgan fingerprint density at radius 2 is 1.30 bits per heavy atom. The van der Waals surface area contributed by atoms with Gasteiger partial charge < -0.3 is 24.0 Å². The molecule has 0 N–H and O–H groups in total. The largest absolute Gasteiger partial charge is 0.497 e. The second-order valence-corrected chi connectivity index (χ2v) is 9.54. The molecule has 0 aliphatic carbocycles.